The lowest BCUT2D eigenvalue weighted by atomic mass is 9.93. The van der Waals surface area contributed by atoms with E-state index in [1.807, 2.05) is 0 Å². The number of carbonyl (C=O) groups excluding carboxylic acids is 17. The molecule has 0 aliphatic carbocycles. The zero-order valence-corrected chi connectivity index (χ0v) is 64.7. The topological polar surface area (TPSA) is 543 Å². The van der Waals surface area contributed by atoms with Gasteiger partial charge in [-0.15, -0.1) is 0 Å². The summed E-state index contributed by atoms with van der Waals surface area (Å²) < 4.78 is 0. The van der Waals surface area contributed by atoms with Gasteiger partial charge in [-0.2, -0.15) is 0 Å². The molecule has 0 spiro atoms. The van der Waals surface area contributed by atoms with Crippen molar-refractivity contribution in [2.24, 2.45) is 23.3 Å². The zero-order chi connectivity index (χ0) is 81.3. The van der Waals surface area contributed by atoms with Crippen LogP contribution in [0.2, 0.25) is 0 Å². The lowest BCUT2D eigenvalue weighted by Crippen LogP contribution is -2.67. The highest BCUT2D eigenvalue weighted by Gasteiger charge is 2.45. The van der Waals surface area contributed by atoms with Gasteiger partial charge in [-0.1, -0.05) is 71.9 Å². The summed E-state index contributed by atoms with van der Waals surface area (Å²) in [5, 5.41) is 48.3. The molecule has 0 saturated heterocycles. The van der Waals surface area contributed by atoms with E-state index in [0.717, 1.165) is 5.56 Å². The second kappa shape index (κ2) is 39.9. The SMILES string of the molecule is CC[C@@](C)(NC(=O)[C@H](CC(C)C)NC(=O)[C@H](C)NC(=O)CNC(=O)C(C)(C)NC(C)=O)C(=O)N[C@@H](CCC(N)=O)C(=O)N[C@](C)(CC)C(=O)N[C@H](C(=O)NC(C)(C)C(=O)N[C@@H](C)C(=O)NC(C)(C)C(=O)NC(C)(C)C(=O)NC(C)(C)C(=O)N[C@@H](CCC(N)=O)C(=O)N[C@H](CO)Cc1ccccc1)C(C)C. The summed E-state index contributed by atoms with van der Waals surface area (Å²) >= 11 is 0. The average Bonchev–Trinajstić information content (AvgIpc) is 0.817. The van der Waals surface area contributed by atoms with Crippen molar-refractivity contribution < 1.29 is 86.6 Å². The highest BCUT2D eigenvalue weighted by molar-refractivity contribution is 6.03. The molecule has 0 aromatic heterocycles. The maximum atomic E-state index is 14.3. The molecule has 20 N–H and O–H groups in total. The van der Waals surface area contributed by atoms with Gasteiger partial charge in [0.1, 0.15) is 75.0 Å². The van der Waals surface area contributed by atoms with Crippen molar-refractivity contribution in [3.05, 3.63) is 35.9 Å². The molecule has 0 bridgehead atoms. The molecule has 17 amide bonds. The number of aliphatic hydroxyl groups is 1. The van der Waals surface area contributed by atoms with Crippen LogP contribution in [0.25, 0.3) is 0 Å². The average molecular weight is 1480 g/mol. The first-order valence-corrected chi connectivity index (χ1v) is 34.9. The van der Waals surface area contributed by atoms with Crippen LogP contribution in [0, 0.1) is 11.8 Å². The van der Waals surface area contributed by atoms with E-state index in [9.17, 15) is 86.6 Å². The van der Waals surface area contributed by atoms with Crippen molar-refractivity contribution in [1.29, 1.82) is 0 Å². The molecule has 1 aromatic carbocycles. The summed E-state index contributed by atoms with van der Waals surface area (Å²) in [6.45, 7) is 28.7. The molecular formula is C70H117N17O18. The molecule has 0 unspecified atom stereocenters. The molecule has 105 heavy (non-hydrogen) atoms. The van der Waals surface area contributed by atoms with Crippen molar-refractivity contribution in [3.63, 3.8) is 0 Å². The first-order valence-electron chi connectivity index (χ1n) is 34.9. The molecule has 1 aromatic rings. The van der Waals surface area contributed by atoms with E-state index in [1.54, 1.807) is 71.9 Å². The van der Waals surface area contributed by atoms with Gasteiger partial charge in [0.15, 0.2) is 0 Å². The fourth-order valence-electron chi connectivity index (χ4n) is 9.88. The first kappa shape index (κ1) is 93.2. The number of aliphatic hydroxyl groups excluding tert-OH is 1. The van der Waals surface area contributed by atoms with Gasteiger partial charge >= 0.3 is 0 Å². The lowest BCUT2D eigenvalue weighted by molar-refractivity contribution is -0.141. The van der Waals surface area contributed by atoms with E-state index < -0.39 is 207 Å². The maximum Gasteiger partial charge on any atom is 0.246 e. The highest BCUT2D eigenvalue weighted by Crippen LogP contribution is 2.19. The van der Waals surface area contributed by atoms with Gasteiger partial charge < -0.3 is 96.3 Å². The zero-order valence-electron chi connectivity index (χ0n) is 64.7. The van der Waals surface area contributed by atoms with Gasteiger partial charge in [0.2, 0.25) is 100 Å². The Kier molecular flexibility index (Phi) is 35.4. The van der Waals surface area contributed by atoms with Crippen LogP contribution in [-0.2, 0) is 87.9 Å². The van der Waals surface area contributed by atoms with Gasteiger partial charge in [0.25, 0.3) is 0 Å². The van der Waals surface area contributed by atoms with E-state index in [2.05, 4.69) is 79.8 Å². The summed E-state index contributed by atoms with van der Waals surface area (Å²) in [5.74, 6) is -14.8. The van der Waals surface area contributed by atoms with Crippen molar-refractivity contribution in [3.8, 4) is 0 Å². The Hall–Kier alpha value is -9.83. The minimum Gasteiger partial charge on any atom is -0.394 e. The van der Waals surface area contributed by atoms with Crippen LogP contribution in [0.4, 0.5) is 0 Å². The highest BCUT2D eigenvalue weighted by atomic mass is 16.3. The monoisotopic (exact) mass is 1480 g/mol. The van der Waals surface area contributed by atoms with E-state index >= 15 is 0 Å². The van der Waals surface area contributed by atoms with E-state index in [0.29, 0.717) is 0 Å². The summed E-state index contributed by atoms with van der Waals surface area (Å²) in [7, 11) is 0. The number of hydrogen-bond acceptors (Lipinski definition) is 18. The van der Waals surface area contributed by atoms with Crippen molar-refractivity contribution >= 4 is 100 Å². The number of primary amides is 2. The van der Waals surface area contributed by atoms with Crippen molar-refractivity contribution in [2.75, 3.05) is 13.2 Å². The van der Waals surface area contributed by atoms with E-state index in [4.69, 9.17) is 11.5 Å². The molecule has 0 aliphatic rings. The predicted octanol–water partition coefficient (Wildman–Crippen LogP) is -2.93. The first-order chi connectivity index (χ1) is 48.0. The maximum absolute atomic E-state index is 14.3. The Morgan fingerprint density at radius 3 is 1.29 bits per heavy atom. The smallest absolute Gasteiger partial charge is 0.246 e. The second-order valence-electron chi connectivity index (χ2n) is 30.2. The minimum atomic E-state index is -1.84. The van der Waals surface area contributed by atoms with Gasteiger partial charge in [-0.05, 0) is 153 Å². The van der Waals surface area contributed by atoms with Crippen LogP contribution < -0.4 is 91.2 Å². The third-order valence-corrected chi connectivity index (χ3v) is 17.3. The predicted molar refractivity (Wildman–Crippen MR) is 387 cm³/mol. The third kappa shape index (κ3) is 30.4. The van der Waals surface area contributed by atoms with Gasteiger partial charge in [0.05, 0.1) is 19.2 Å². The largest absolute Gasteiger partial charge is 0.394 e. The van der Waals surface area contributed by atoms with Gasteiger partial charge in [-0.3, -0.25) is 81.5 Å². The Balaban J connectivity index is 3.20. The van der Waals surface area contributed by atoms with Crippen LogP contribution in [-0.4, -0.2) is 200 Å². The number of hydrogen-bond donors (Lipinski definition) is 18. The number of benzene rings is 1. The molecule has 0 fully saturated rings. The third-order valence-electron chi connectivity index (χ3n) is 17.3. The second-order valence-corrected chi connectivity index (χ2v) is 30.2. The van der Waals surface area contributed by atoms with Crippen LogP contribution in [0.5, 0.6) is 0 Å². The molecular weight excluding hydrogens is 1370 g/mol. The lowest BCUT2D eigenvalue weighted by Gasteiger charge is -2.36. The normalized spacial score (nSPS) is 15.0. The number of nitrogens with two attached hydrogens (primary N) is 2. The van der Waals surface area contributed by atoms with E-state index in [1.165, 1.54) is 104 Å². The summed E-state index contributed by atoms with van der Waals surface area (Å²) in [6.07, 6.45) is -1.26. The molecule has 590 valence electrons. The summed E-state index contributed by atoms with van der Waals surface area (Å²) in [4.78, 5) is 228. The number of amides is 17. The Labute approximate surface area is 614 Å². The summed E-state index contributed by atoms with van der Waals surface area (Å²) in [5.41, 5.74) is -0.463. The fourth-order valence-corrected chi connectivity index (χ4v) is 9.88. The fraction of sp³-hybridized carbons (Fsp3) is 0.671. The molecule has 35 nitrogen and oxygen atoms in total. The molecule has 0 aliphatic heterocycles. The molecule has 0 radical (unpaired) electrons. The van der Waals surface area contributed by atoms with Gasteiger partial charge in [0, 0.05) is 19.8 Å². The standard InChI is InChI=1S/C70H117N17O18/c1-22-69(20,85-55(97)46(33-37(3)4)77-51(93)39(7)74-49(92)35-73-57(99)64(10,11)81-41(9)89)62(104)79-45(30-32-48(72)91)54(96)84-70(21,23-2)63(105)80-50(38(5)6)56(98)83-65(12,13)58(100)75-40(8)52(94)82-67(16,17)60(102)87-68(18,19)61(103)86-66(14,15)59(101)78-44(29-31-47(71)90)53(95)76-43(36-88)34-42-27-25-24-26-28-42/h24-28,37-40,43-46,50,88H,22-23,29-36H2,1-21H3,(H2,71,90)(H2,72,91)(H,73,99)(H,74,92)(H,75,100)(H,76,95)(H,77,93)(H,78,101)(H,79,104)(H,80,105)(H,81,89)(H,82,94)(H,83,98)(H,84,96)(H,85,97)(H,86,103)(H,87,102)/t39-,40-,43-,44-,45-,46-,50-,69+,70+/m0/s1. The van der Waals surface area contributed by atoms with Crippen LogP contribution >= 0.6 is 0 Å². The van der Waals surface area contributed by atoms with E-state index in [-0.39, 0.29) is 50.9 Å². The number of nitrogens with one attached hydrogen (secondary N) is 15. The van der Waals surface area contributed by atoms with Gasteiger partial charge in [-0.25, -0.2) is 0 Å². The molecule has 35 heteroatoms. The van der Waals surface area contributed by atoms with Crippen LogP contribution in [0.15, 0.2) is 30.3 Å². The number of rotatable bonds is 43. The van der Waals surface area contributed by atoms with Crippen LogP contribution in [0.1, 0.15) is 196 Å². The van der Waals surface area contributed by atoms with Crippen molar-refractivity contribution in [1.82, 2.24) is 79.8 Å². The quantitative estimate of drug-likeness (QED) is 0.0311. The molecule has 0 saturated carbocycles. The Morgan fingerprint density at radius 1 is 0.419 bits per heavy atom. The molecule has 9 atom stereocenters. The minimum absolute atomic E-state index is 0.0521. The van der Waals surface area contributed by atoms with Crippen molar-refractivity contribution in [2.45, 2.75) is 278 Å². The molecule has 1 rings (SSSR count). The number of carbonyl (C=O) groups is 17. The summed E-state index contributed by atoms with van der Waals surface area (Å²) in [6, 6.07) is 0.0411. The molecule has 0 heterocycles. The Bertz CT molecular complexity index is 3340. The van der Waals surface area contributed by atoms with Crippen LogP contribution in [0.3, 0.4) is 0 Å². The Morgan fingerprint density at radius 2 is 0.829 bits per heavy atom.